The lowest BCUT2D eigenvalue weighted by molar-refractivity contribution is 0.310. The van der Waals surface area contributed by atoms with E-state index in [-0.39, 0.29) is 16.7 Å². The molecule has 3 aromatic rings. The van der Waals surface area contributed by atoms with Gasteiger partial charge < -0.3 is 14.5 Å². The lowest BCUT2D eigenvalue weighted by Crippen LogP contribution is -2.29. The summed E-state index contributed by atoms with van der Waals surface area (Å²) in [5.41, 5.74) is 0.413. The van der Waals surface area contributed by atoms with Gasteiger partial charge in [0.1, 0.15) is 11.8 Å². The smallest absolute Gasteiger partial charge is 0.328 e. The first-order valence-electron chi connectivity index (χ1n) is 8.53. The summed E-state index contributed by atoms with van der Waals surface area (Å²) in [6, 6.07) is 6.96. The number of imidazole rings is 1. The highest BCUT2D eigenvalue weighted by atomic mass is 32.2. The minimum atomic E-state index is -4.46. The maximum atomic E-state index is 12.6. The lowest BCUT2D eigenvalue weighted by atomic mass is 10.1. The van der Waals surface area contributed by atoms with Gasteiger partial charge in [-0.1, -0.05) is 6.07 Å². The van der Waals surface area contributed by atoms with Gasteiger partial charge in [-0.3, -0.25) is 9.12 Å². The van der Waals surface area contributed by atoms with Crippen LogP contribution in [0.3, 0.4) is 0 Å². The standard InChI is InChI=1S/C18H18N4O6S/c1-3-28-16-7-12(4-5-15(16)27-2)14(10-29(24,25)26)22-17-13(21-18(22)23)6-11(8-19)9-20-17/h4-7,9,14H,3,10H2,1-2H3,(H,21,23)(H,24,25,26)/t14-/m1/s1. The fourth-order valence-electron chi connectivity index (χ4n) is 3.05. The van der Waals surface area contributed by atoms with Crippen LogP contribution in [0.2, 0.25) is 0 Å². The summed E-state index contributed by atoms with van der Waals surface area (Å²) >= 11 is 0. The molecule has 0 aliphatic rings. The molecule has 1 atom stereocenters. The first-order valence-corrected chi connectivity index (χ1v) is 10.1. The van der Waals surface area contributed by atoms with E-state index in [2.05, 4.69) is 9.97 Å². The van der Waals surface area contributed by atoms with E-state index in [1.54, 1.807) is 25.1 Å². The number of aromatic nitrogens is 3. The van der Waals surface area contributed by atoms with E-state index in [9.17, 15) is 17.8 Å². The number of benzene rings is 1. The molecule has 0 saturated carbocycles. The molecular formula is C18H18N4O6S. The van der Waals surface area contributed by atoms with Gasteiger partial charge in [0, 0.05) is 6.20 Å². The van der Waals surface area contributed by atoms with Crippen LogP contribution in [-0.4, -0.2) is 47.0 Å². The van der Waals surface area contributed by atoms with Crippen molar-refractivity contribution in [2.45, 2.75) is 13.0 Å². The number of hydrogen-bond donors (Lipinski definition) is 2. The van der Waals surface area contributed by atoms with Crippen LogP contribution in [0.4, 0.5) is 0 Å². The summed E-state index contributed by atoms with van der Waals surface area (Å²) in [5.74, 6) is 0.0316. The summed E-state index contributed by atoms with van der Waals surface area (Å²) in [5, 5.41) is 9.02. The summed E-state index contributed by atoms with van der Waals surface area (Å²) in [6.07, 6.45) is 1.27. The fraction of sp³-hybridized carbons (Fsp3) is 0.278. The Kier molecular flexibility index (Phi) is 5.58. The van der Waals surface area contributed by atoms with Crippen molar-refractivity contribution in [3.8, 4) is 17.6 Å². The molecule has 0 bridgehead atoms. The first kappa shape index (κ1) is 20.4. The highest BCUT2D eigenvalue weighted by Gasteiger charge is 2.26. The van der Waals surface area contributed by atoms with Crippen LogP contribution in [0.15, 0.2) is 35.3 Å². The Labute approximate surface area is 166 Å². The third-order valence-electron chi connectivity index (χ3n) is 4.24. The second kappa shape index (κ2) is 7.94. The van der Waals surface area contributed by atoms with E-state index in [0.29, 0.717) is 23.7 Å². The molecule has 10 nitrogen and oxygen atoms in total. The molecule has 0 aliphatic carbocycles. The topological polar surface area (TPSA) is 147 Å². The normalized spacial score (nSPS) is 12.5. The van der Waals surface area contributed by atoms with Gasteiger partial charge in [0.2, 0.25) is 0 Å². The molecule has 2 heterocycles. The molecule has 2 N–H and O–H groups in total. The van der Waals surface area contributed by atoms with Crippen LogP contribution in [0, 0.1) is 11.3 Å². The molecule has 11 heteroatoms. The number of H-pyrrole nitrogens is 1. The third-order valence-corrected chi connectivity index (χ3v) is 4.97. The largest absolute Gasteiger partial charge is 0.493 e. The average Bonchev–Trinajstić information content (AvgIpc) is 3.00. The molecule has 0 unspecified atom stereocenters. The Morgan fingerprint density at radius 3 is 2.72 bits per heavy atom. The average molecular weight is 418 g/mol. The van der Waals surface area contributed by atoms with Crippen molar-refractivity contribution >= 4 is 21.3 Å². The minimum Gasteiger partial charge on any atom is -0.493 e. The number of ether oxygens (including phenoxy) is 2. The second-order valence-electron chi connectivity index (χ2n) is 6.11. The Morgan fingerprint density at radius 1 is 1.34 bits per heavy atom. The molecule has 152 valence electrons. The van der Waals surface area contributed by atoms with Gasteiger partial charge in [-0.25, -0.2) is 9.78 Å². The third kappa shape index (κ3) is 4.23. The predicted molar refractivity (Wildman–Crippen MR) is 104 cm³/mol. The molecule has 3 rings (SSSR count). The highest BCUT2D eigenvalue weighted by molar-refractivity contribution is 7.85. The molecule has 0 amide bonds. The number of nitrogens with one attached hydrogen (secondary N) is 1. The number of pyridine rings is 1. The minimum absolute atomic E-state index is 0.149. The van der Waals surface area contributed by atoms with Crippen molar-refractivity contribution < 1.29 is 22.4 Å². The maximum Gasteiger partial charge on any atom is 0.328 e. The molecule has 1 aromatic carbocycles. The van der Waals surface area contributed by atoms with Crippen molar-refractivity contribution in [2.24, 2.45) is 0 Å². The van der Waals surface area contributed by atoms with Crippen molar-refractivity contribution in [1.29, 1.82) is 5.26 Å². The van der Waals surface area contributed by atoms with Crippen LogP contribution < -0.4 is 15.2 Å². The zero-order valence-electron chi connectivity index (χ0n) is 15.6. The van der Waals surface area contributed by atoms with E-state index in [1.165, 1.54) is 19.4 Å². The van der Waals surface area contributed by atoms with Gasteiger partial charge in [-0.05, 0) is 30.7 Å². The Morgan fingerprint density at radius 2 is 2.10 bits per heavy atom. The number of fused-ring (bicyclic) bond motifs is 1. The van der Waals surface area contributed by atoms with Crippen LogP contribution in [0.1, 0.15) is 24.1 Å². The highest BCUT2D eigenvalue weighted by Crippen LogP contribution is 2.32. The number of aromatic amines is 1. The Bertz CT molecular complexity index is 1260. The summed E-state index contributed by atoms with van der Waals surface area (Å²) < 4.78 is 44.8. The van der Waals surface area contributed by atoms with E-state index in [4.69, 9.17) is 14.7 Å². The maximum absolute atomic E-state index is 12.6. The summed E-state index contributed by atoms with van der Waals surface area (Å²) in [4.78, 5) is 19.3. The predicted octanol–water partition coefficient (Wildman–Crippen LogP) is 1.48. The first-order chi connectivity index (χ1) is 13.8. The number of nitrogens with zero attached hydrogens (tertiary/aromatic N) is 3. The Hall–Kier alpha value is -3.36. The zero-order chi connectivity index (χ0) is 21.2. The number of hydrogen-bond acceptors (Lipinski definition) is 7. The monoisotopic (exact) mass is 418 g/mol. The van der Waals surface area contributed by atoms with Gasteiger partial charge in [-0.15, -0.1) is 0 Å². The van der Waals surface area contributed by atoms with E-state index < -0.39 is 27.6 Å². The van der Waals surface area contributed by atoms with Crippen molar-refractivity contribution in [2.75, 3.05) is 19.5 Å². The molecule has 0 spiro atoms. The molecule has 0 radical (unpaired) electrons. The van der Waals surface area contributed by atoms with Crippen LogP contribution >= 0.6 is 0 Å². The number of nitriles is 1. The molecule has 29 heavy (non-hydrogen) atoms. The zero-order valence-corrected chi connectivity index (χ0v) is 16.4. The van der Waals surface area contributed by atoms with Crippen molar-refractivity contribution in [3.05, 3.63) is 52.1 Å². The van der Waals surface area contributed by atoms with Crippen molar-refractivity contribution in [1.82, 2.24) is 14.5 Å². The van der Waals surface area contributed by atoms with Crippen LogP contribution in [0.25, 0.3) is 11.2 Å². The molecule has 0 saturated heterocycles. The van der Waals surface area contributed by atoms with Crippen LogP contribution in [-0.2, 0) is 10.1 Å². The Balaban J connectivity index is 2.24. The fourth-order valence-corrected chi connectivity index (χ4v) is 3.79. The van der Waals surface area contributed by atoms with Gasteiger partial charge in [0.15, 0.2) is 17.1 Å². The number of methoxy groups -OCH3 is 1. The summed E-state index contributed by atoms with van der Waals surface area (Å²) in [6.45, 7) is 2.12. The SMILES string of the molecule is CCOc1cc([C@@H](CS(=O)(=O)O)n2c(=O)[nH]c3cc(C#N)cnc32)ccc1OC. The van der Waals surface area contributed by atoms with E-state index in [0.717, 1.165) is 4.57 Å². The molecule has 2 aromatic heterocycles. The van der Waals surface area contributed by atoms with Gasteiger partial charge in [-0.2, -0.15) is 13.7 Å². The van der Waals surface area contributed by atoms with Gasteiger partial charge in [0.25, 0.3) is 10.1 Å². The quantitative estimate of drug-likeness (QED) is 0.548. The molecule has 0 aliphatic heterocycles. The second-order valence-corrected chi connectivity index (χ2v) is 7.61. The molecule has 0 fully saturated rings. The number of rotatable bonds is 7. The lowest BCUT2D eigenvalue weighted by Gasteiger charge is -2.19. The summed E-state index contributed by atoms with van der Waals surface area (Å²) in [7, 11) is -3.00. The van der Waals surface area contributed by atoms with Crippen molar-refractivity contribution in [3.63, 3.8) is 0 Å². The molecular weight excluding hydrogens is 400 g/mol. The van der Waals surface area contributed by atoms with E-state index in [1.807, 2.05) is 6.07 Å². The van der Waals surface area contributed by atoms with Gasteiger partial charge >= 0.3 is 5.69 Å². The van der Waals surface area contributed by atoms with E-state index >= 15 is 0 Å². The van der Waals surface area contributed by atoms with Gasteiger partial charge in [0.05, 0.1) is 30.8 Å². The van der Waals surface area contributed by atoms with Crippen LogP contribution in [0.5, 0.6) is 11.5 Å².